The number of nitrogens with zero attached hydrogens (tertiary/aromatic N) is 1. The zero-order valence-corrected chi connectivity index (χ0v) is 9.68. The number of nitrogens with one attached hydrogen (secondary N) is 1. The van der Waals surface area contributed by atoms with Gasteiger partial charge in [-0.3, -0.25) is 14.3 Å². The van der Waals surface area contributed by atoms with E-state index in [4.69, 9.17) is 16.3 Å². The number of H-pyrrole nitrogens is 1. The van der Waals surface area contributed by atoms with Crippen LogP contribution >= 0.6 is 0 Å². The average Bonchev–Trinajstić information content (AvgIpc) is 2.63. The lowest BCUT2D eigenvalue weighted by Gasteiger charge is -2.23. The fourth-order valence-corrected chi connectivity index (χ4v) is 1.96. The minimum absolute atomic E-state index is 0.611. The summed E-state index contributed by atoms with van der Waals surface area (Å²) in [6, 6.07) is 1.05. The van der Waals surface area contributed by atoms with Crippen molar-refractivity contribution in [3.63, 3.8) is 0 Å². The van der Waals surface area contributed by atoms with Gasteiger partial charge in [-0.1, -0.05) is 5.92 Å². The van der Waals surface area contributed by atoms with Gasteiger partial charge in [0.1, 0.15) is 12.2 Å². The zero-order chi connectivity index (χ0) is 14.2. The molecular weight excluding hydrogens is 256 g/mol. The van der Waals surface area contributed by atoms with Gasteiger partial charge < -0.3 is 20.1 Å². The third-order valence-corrected chi connectivity index (χ3v) is 3.04. The largest absolute Gasteiger partial charge is 0.394 e. The Kier molecular flexibility index (Phi) is 3.30. The molecule has 1 saturated heterocycles. The third-order valence-electron chi connectivity index (χ3n) is 3.04. The first-order valence-corrected chi connectivity index (χ1v) is 5.40. The Bertz CT molecular complexity index is 629. The third kappa shape index (κ3) is 1.98. The van der Waals surface area contributed by atoms with Gasteiger partial charge in [0, 0.05) is 12.3 Å². The topological polar surface area (TPSA) is 125 Å². The number of terminal acetylenes is 1. The van der Waals surface area contributed by atoms with Gasteiger partial charge in [0.2, 0.25) is 0 Å². The molecule has 1 aromatic heterocycles. The van der Waals surface area contributed by atoms with E-state index in [9.17, 15) is 19.8 Å². The first-order valence-electron chi connectivity index (χ1n) is 5.40. The van der Waals surface area contributed by atoms with Crippen LogP contribution < -0.4 is 11.2 Å². The van der Waals surface area contributed by atoms with Crippen LogP contribution in [0, 0.1) is 12.3 Å². The van der Waals surface area contributed by atoms with Gasteiger partial charge in [-0.2, -0.15) is 0 Å². The van der Waals surface area contributed by atoms with Crippen LogP contribution in [-0.2, 0) is 4.74 Å². The number of aliphatic hydroxyl groups is 3. The number of hydrogen-bond donors (Lipinski definition) is 4. The molecule has 0 radical (unpaired) electrons. The molecule has 1 aliphatic rings. The van der Waals surface area contributed by atoms with Crippen molar-refractivity contribution < 1.29 is 20.1 Å². The summed E-state index contributed by atoms with van der Waals surface area (Å²) in [5, 5.41) is 29.1. The zero-order valence-electron chi connectivity index (χ0n) is 9.68. The smallest absolute Gasteiger partial charge is 0.330 e. The van der Waals surface area contributed by atoms with Crippen LogP contribution in [0.3, 0.4) is 0 Å². The summed E-state index contributed by atoms with van der Waals surface area (Å²) in [5.74, 6) is 1.95. The van der Waals surface area contributed by atoms with E-state index < -0.39 is 41.9 Å². The second-order valence-electron chi connectivity index (χ2n) is 4.13. The van der Waals surface area contributed by atoms with Gasteiger partial charge in [0.15, 0.2) is 11.8 Å². The molecule has 1 aliphatic heterocycles. The molecule has 8 nitrogen and oxygen atoms in total. The minimum atomic E-state index is -2.12. The van der Waals surface area contributed by atoms with Crippen LogP contribution in [0.1, 0.15) is 6.23 Å². The maximum absolute atomic E-state index is 11.6. The van der Waals surface area contributed by atoms with E-state index in [0.29, 0.717) is 0 Å². The van der Waals surface area contributed by atoms with Gasteiger partial charge in [-0.05, 0) is 0 Å². The molecule has 0 saturated carbocycles. The van der Waals surface area contributed by atoms with Crippen molar-refractivity contribution >= 4 is 0 Å². The van der Waals surface area contributed by atoms with Crippen LogP contribution in [0.2, 0.25) is 0 Å². The predicted molar refractivity (Wildman–Crippen MR) is 62.1 cm³/mol. The van der Waals surface area contributed by atoms with Crippen molar-refractivity contribution in [2.75, 3.05) is 6.61 Å². The van der Waals surface area contributed by atoms with Crippen molar-refractivity contribution in [2.24, 2.45) is 0 Å². The Morgan fingerprint density at radius 2 is 2.26 bits per heavy atom. The van der Waals surface area contributed by atoms with E-state index in [0.717, 1.165) is 16.8 Å². The van der Waals surface area contributed by atoms with Crippen LogP contribution in [-0.4, -0.2) is 49.3 Å². The highest BCUT2D eigenvalue weighted by Crippen LogP contribution is 2.35. The number of hydrogen-bond acceptors (Lipinski definition) is 6. The monoisotopic (exact) mass is 268 g/mol. The van der Waals surface area contributed by atoms with E-state index in [1.165, 1.54) is 0 Å². The lowest BCUT2D eigenvalue weighted by atomic mass is 9.93. The second kappa shape index (κ2) is 4.64. The summed E-state index contributed by atoms with van der Waals surface area (Å²) in [6.45, 7) is -0.633. The first kappa shape index (κ1) is 13.5. The van der Waals surface area contributed by atoms with E-state index >= 15 is 0 Å². The number of aliphatic hydroxyl groups excluding tert-OH is 2. The molecule has 19 heavy (non-hydrogen) atoms. The van der Waals surface area contributed by atoms with Crippen molar-refractivity contribution in [1.82, 2.24) is 9.55 Å². The highest BCUT2D eigenvalue weighted by atomic mass is 16.6. The Morgan fingerprint density at radius 1 is 1.58 bits per heavy atom. The van der Waals surface area contributed by atoms with Crippen LogP contribution in [0.25, 0.3) is 0 Å². The van der Waals surface area contributed by atoms with Crippen molar-refractivity contribution in [1.29, 1.82) is 0 Å². The summed E-state index contributed by atoms with van der Waals surface area (Å²) in [5.41, 5.74) is -3.55. The van der Waals surface area contributed by atoms with Gasteiger partial charge in [0.05, 0.1) is 6.61 Å². The molecule has 0 aromatic carbocycles. The molecule has 4 atom stereocenters. The summed E-state index contributed by atoms with van der Waals surface area (Å²) in [7, 11) is 0. The predicted octanol–water partition coefficient (Wildman–Crippen LogP) is -2.85. The van der Waals surface area contributed by atoms with E-state index in [1.54, 1.807) is 0 Å². The molecule has 0 bridgehead atoms. The summed E-state index contributed by atoms with van der Waals surface area (Å²) >= 11 is 0. The second-order valence-corrected chi connectivity index (χ2v) is 4.13. The summed E-state index contributed by atoms with van der Waals surface area (Å²) in [6.07, 6.45) is 2.06. The van der Waals surface area contributed by atoms with Gasteiger partial charge in [-0.25, -0.2) is 4.79 Å². The summed E-state index contributed by atoms with van der Waals surface area (Å²) < 4.78 is 6.06. The standard InChI is InChI=1S/C11H12N2O6/c1-2-11(18)6(5-14)19-9(8(11)16)13-4-3-7(15)12-10(13)17/h1,3-4,6,8-9,14,16,18H,5H2,(H,12,15,17)/t6-,8+,9-,11+/m1/s1. The van der Waals surface area contributed by atoms with E-state index in [2.05, 4.69) is 0 Å². The lowest BCUT2D eigenvalue weighted by molar-refractivity contribution is -0.0624. The molecule has 4 N–H and O–H groups in total. The Labute approximate surface area is 106 Å². The van der Waals surface area contributed by atoms with Crippen LogP contribution in [0.5, 0.6) is 0 Å². The number of ether oxygens (including phenoxy) is 1. The number of aromatic nitrogens is 2. The molecule has 0 amide bonds. The van der Waals surface area contributed by atoms with Gasteiger partial charge >= 0.3 is 5.69 Å². The minimum Gasteiger partial charge on any atom is -0.394 e. The number of rotatable bonds is 2. The van der Waals surface area contributed by atoms with Gasteiger partial charge in [0.25, 0.3) is 5.56 Å². The normalized spacial score (nSPS) is 34.1. The molecule has 0 spiro atoms. The van der Waals surface area contributed by atoms with Crippen LogP contribution in [0.4, 0.5) is 0 Å². The highest BCUT2D eigenvalue weighted by molar-refractivity contribution is 5.19. The Hall–Kier alpha value is -1.92. The highest BCUT2D eigenvalue weighted by Gasteiger charge is 2.55. The van der Waals surface area contributed by atoms with E-state index in [1.807, 2.05) is 10.9 Å². The molecule has 0 aliphatic carbocycles. The van der Waals surface area contributed by atoms with Crippen molar-refractivity contribution in [3.05, 3.63) is 33.1 Å². The molecule has 8 heteroatoms. The van der Waals surface area contributed by atoms with Crippen molar-refractivity contribution in [3.8, 4) is 12.3 Å². The Balaban J connectivity index is 2.46. The molecule has 0 unspecified atom stereocenters. The average molecular weight is 268 g/mol. The maximum Gasteiger partial charge on any atom is 0.330 e. The maximum atomic E-state index is 11.6. The van der Waals surface area contributed by atoms with E-state index in [-0.39, 0.29) is 0 Å². The fourth-order valence-electron chi connectivity index (χ4n) is 1.96. The molecular formula is C11H12N2O6. The quantitative estimate of drug-likeness (QED) is 0.428. The van der Waals surface area contributed by atoms with Gasteiger partial charge in [-0.15, -0.1) is 6.42 Å². The molecule has 1 aromatic rings. The van der Waals surface area contributed by atoms with Crippen molar-refractivity contribution in [2.45, 2.75) is 24.0 Å². The molecule has 102 valence electrons. The summed E-state index contributed by atoms with van der Waals surface area (Å²) in [4.78, 5) is 24.5. The number of aromatic amines is 1. The molecule has 2 heterocycles. The molecule has 2 rings (SSSR count). The lowest BCUT2D eigenvalue weighted by Crippen LogP contribution is -2.48. The first-order chi connectivity index (χ1) is 8.93. The fraction of sp³-hybridized carbons (Fsp3) is 0.455. The molecule has 1 fully saturated rings. The SMILES string of the molecule is C#C[C@]1(O)[C@@H](CO)O[C@@H](n2ccc(=O)[nH]c2=O)[C@@H]1O. The van der Waals surface area contributed by atoms with Crippen LogP contribution in [0.15, 0.2) is 21.9 Å². The Morgan fingerprint density at radius 3 is 2.74 bits per heavy atom.